The maximum Gasteiger partial charge on any atom is 0.255 e. The van der Waals surface area contributed by atoms with Gasteiger partial charge >= 0.3 is 0 Å². The van der Waals surface area contributed by atoms with Gasteiger partial charge in [-0.05, 0) is 38.3 Å². The fourth-order valence-corrected chi connectivity index (χ4v) is 2.93. The average molecular weight is 262 g/mol. The topological polar surface area (TPSA) is 34.0 Å². The van der Waals surface area contributed by atoms with Crippen LogP contribution in [0.1, 0.15) is 56.8 Å². The number of hydrogen-bond donors (Lipinski definition) is 1. The van der Waals surface area contributed by atoms with Crippen molar-refractivity contribution in [3.63, 3.8) is 0 Å². The van der Waals surface area contributed by atoms with Gasteiger partial charge in [0.15, 0.2) is 0 Å². The van der Waals surface area contributed by atoms with E-state index in [9.17, 15) is 4.79 Å². The summed E-state index contributed by atoms with van der Waals surface area (Å²) in [5, 5.41) is 3.37. The average Bonchev–Trinajstić information content (AvgIpc) is 2.85. The van der Waals surface area contributed by atoms with Gasteiger partial charge < -0.3 is 9.88 Å². The molecule has 3 nitrogen and oxygen atoms in total. The van der Waals surface area contributed by atoms with Crippen molar-refractivity contribution in [1.29, 1.82) is 0 Å². The van der Waals surface area contributed by atoms with E-state index in [4.69, 9.17) is 0 Å². The van der Waals surface area contributed by atoms with Crippen molar-refractivity contribution in [1.82, 2.24) is 9.88 Å². The molecule has 0 amide bonds. The van der Waals surface area contributed by atoms with Crippen molar-refractivity contribution < 1.29 is 0 Å². The molecular weight excluding hydrogens is 236 g/mol. The van der Waals surface area contributed by atoms with Crippen LogP contribution in [-0.2, 0) is 6.54 Å². The van der Waals surface area contributed by atoms with Crippen molar-refractivity contribution in [3.8, 4) is 0 Å². The number of hydrogen-bond acceptors (Lipinski definition) is 2. The molecule has 0 spiro atoms. The largest absolute Gasteiger partial charge is 0.312 e. The highest BCUT2D eigenvalue weighted by atomic mass is 16.1. The van der Waals surface area contributed by atoms with Gasteiger partial charge in [-0.15, -0.1) is 0 Å². The van der Waals surface area contributed by atoms with Crippen molar-refractivity contribution in [3.05, 3.63) is 33.7 Å². The molecule has 0 bridgehead atoms. The SMILES string of the molecule is Cc1ccc(CNCC(C)C)c(=O)n1C1CCCC1. The molecule has 0 radical (unpaired) electrons. The monoisotopic (exact) mass is 262 g/mol. The maximum absolute atomic E-state index is 12.6. The minimum Gasteiger partial charge on any atom is -0.312 e. The quantitative estimate of drug-likeness (QED) is 0.885. The molecule has 1 aromatic heterocycles. The number of aromatic nitrogens is 1. The molecule has 1 N–H and O–H groups in total. The maximum atomic E-state index is 12.6. The molecule has 1 aliphatic carbocycles. The van der Waals surface area contributed by atoms with Gasteiger partial charge in [0.1, 0.15) is 0 Å². The zero-order valence-corrected chi connectivity index (χ0v) is 12.4. The van der Waals surface area contributed by atoms with E-state index in [0.717, 1.165) is 30.6 Å². The highest BCUT2D eigenvalue weighted by Gasteiger charge is 2.20. The second-order valence-corrected chi connectivity index (χ2v) is 6.14. The molecule has 1 heterocycles. The van der Waals surface area contributed by atoms with E-state index in [1.165, 1.54) is 12.8 Å². The van der Waals surface area contributed by atoms with E-state index >= 15 is 0 Å². The first-order valence-corrected chi connectivity index (χ1v) is 7.51. The number of pyridine rings is 1. The van der Waals surface area contributed by atoms with Crippen LogP contribution in [0.2, 0.25) is 0 Å². The summed E-state index contributed by atoms with van der Waals surface area (Å²) in [5.41, 5.74) is 2.21. The first kappa shape index (κ1) is 14.3. The predicted molar refractivity (Wildman–Crippen MR) is 79.5 cm³/mol. The number of rotatable bonds is 5. The van der Waals surface area contributed by atoms with Crippen molar-refractivity contribution in [2.45, 2.75) is 59.0 Å². The minimum atomic E-state index is 0.211. The molecule has 19 heavy (non-hydrogen) atoms. The second-order valence-electron chi connectivity index (χ2n) is 6.14. The van der Waals surface area contributed by atoms with Crippen LogP contribution in [0.5, 0.6) is 0 Å². The van der Waals surface area contributed by atoms with Gasteiger partial charge in [-0.25, -0.2) is 0 Å². The van der Waals surface area contributed by atoms with Crippen LogP contribution in [0, 0.1) is 12.8 Å². The molecule has 1 aliphatic rings. The Morgan fingerprint density at radius 3 is 2.63 bits per heavy atom. The molecule has 0 unspecified atom stereocenters. The molecule has 1 fully saturated rings. The minimum absolute atomic E-state index is 0.211. The summed E-state index contributed by atoms with van der Waals surface area (Å²) < 4.78 is 2.03. The fourth-order valence-electron chi connectivity index (χ4n) is 2.93. The van der Waals surface area contributed by atoms with Crippen LogP contribution >= 0.6 is 0 Å². The molecule has 2 rings (SSSR count). The Morgan fingerprint density at radius 2 is 2.00 bits per heavy atom. The third-order valence-electron chi connectivity index (χ3n) is 3.96. The van der Waals surface area contributed by atoms with Crippen LogP contribution < -0.4 is 10.9 Å². The second kappa shape index (κ2) is 6.38. The normalized spacial score (nSPS) is 16.4. The highest BCUT2D eigenvalue weighted by molar-refractivity contribution is 5.16. The molecule has 3 heteroatoms. The van der Waals surface area contributed by atoms with Crippen LogP contribution in [-0.4, -0.2) is 11.1 Å². The van der Waals surface area contributed by atoms with Crippen LogP contribution in [0.4, 0.5) is 0 Å². The molecule has 0 saturated heterocycles. The molecule has 1 saturated carbocycles. The molecule has 106 valence electrons. The van der Waals surface area contributed by atoms with E-state index in [-0.39, 0.29) is 5.56 Å². The van der Waals surface area contributed by atoms with Crippen LogP contribution in [0.3, 0.4) is 0 Å². The first-order valence-electron chi connectivity index (χ1n) is 7.51. The van der Waals surface area contributed by atoms with Gasteiger partial charge in [0.05, 0.1) is 0 Å². The van der Waals surface area contributed by atoms with Crippen molar-refractivity contribution in [2.24, 2.45) is 5.92 Å². The van der Waals surface area contributed by atoms with Gasteiger partial charge in [0.25, 0.3) is 5.56 Å². The van der Waals surface area contributed by atoms with Gasteiger partial charge in [0, 0.05) is 23.8 Å². The Kier molecular flexibility index (Phi) is 4.81. The molecule has 0 aliphatic heterocycles. The fraction of sp³-hybridized carbons (Fsp3) is 0.688. The van der Waals surface area contributed by atoms with Gasteiger partial charge in [-0.1, -0.05) is 32.8 Å². The number of aryl methyl sites for hydroxylation is 1. The summed E-state index contributed by atoms with van der Waals surface area (Å²) >= 11 is 0. The lowest BCUT2D eigenvalue weighted by Crippen LogP contribution is -2.31. The Labute approximate surface area is 116 Å². The summed E-state index contributed by atoms with van der Waals surface area (Å²) in [6.07, 6.45) is 4.83. The first-order chi connectivity index (χ1) is 9.09. The lowest BCUT2D eigenvalue weighted by atomic mass is 10.1. The van der Waals surface area contributed by atoms with Gasteiger partial charge in [-0.2, -0.15) is 0 Å². The third kappa shape index (κ3) is 3.47. The Bertz CT molecular complexity index is 470. The lowest BCUT2D eigenvalue weighted by molar-refractivity contribution is 0.483. The zero-order valence-electron chi connectivity index (χ0n) is 12.4. The van der Waals surface area contributed by atoms with Crippen LogP contribution in [0.15, 0.2) is 16.9 Å². The summed E-state index contributed by atoms with van der Waals surface area (Å²) in [6.45, 7) is 8.05. The van der Waals surface area contributed by atoms with Gasteiger partial charge in [-0.3, -0.25) is 4.79 Å². The lowest BCUT2D eigenvalue weighted by Gasteiger charge is -2.18. The zero-order chi connectivity index (χ0) is 13.8. The Hall–Kier alpha value is -1.09. The van der Waals surface area contributed by atoms with E-state index in [1.807, 2.05) is 17.6 Å². The van der Waals surface area contributed by atoms with Gasteiger partial charge in [0.2, 0.25) is 0 Å². The molecule has 0 aromatic carbocycles. The summed E-state index contributed by atoms with van der Waals surface area (Å²) in [4.78, 5) is 12.6. The Morgan fingerprint density at radius 1 is 1.32 bits per heavy atom. The van der Waals surface area contributed by atoms with E-state index in [2.05, 4.69) is 25.2 Å². The van der Waals surface area contributed by atoms with E-state index < -0.39 is 0 Å². The predicted octanol–water partition coefficient (Wildman–Crippen LogP) is 3.02. The summed E-state index contributed by atoms with van der Waals surface area (Å²) in [6, 6.07) is 4.50. The van der Waals surface area contributed by atoms with E-state index in [1.54, 1.807) is 0 Å². The van der Waals surface area contributed by atoms with Crippen LogP contribution in [0.25, 0.3) is 0 Å². The highest BCUT2D eigenvalue weighted by Crippen LogP contribution is 2.29. The van der Waals surface area contributed by atoms with E-state index in [0.29, 0.717) is 18.5 Å². The summed E-state index contributed by atoms with van der Waals surface area (Å²) in [7, 11) is 0. The molecule has 0 atom stereocenters. The number of nitrogens with one attached hydrogen (secondary N) is 1. The summed E-state index contributed by atoms with van der Waals surface area (Å²) in [5.74, 6) is 0.613. The van der Waals surface area contributed by atoms with Crippen molar-refractivity contribution in [2.75, 3.05) is 6.54 Å². The standard InChI is InChI=1S/C16H26N2O/c1-12(2)10-17-11-14-9-8-13(3)18(16(14)19)15-6-4-5-7-15/h8-9,12,15,17H,4-7,10-11H2,1-3H3. The Balaban J connectivity index is 2.17. The molecular formula is C16H26N2O. The molecule has 1 aromatic rings. The third-order valence-corrected chi connectivity index (χ3v) is 3.96. The smallest absolute Gasteiger partial charge is 0.255 e. The number of nitrogens with zero attached hydrogens (tertiary/aromatic N) is 1. The van der Waals surface area contributed by atoms with Crippen molar-refractivity contribution >= 4 is 0 Å².